The summed E-state index contributed by atoms with van der Waals surface area (Å²) in [6.45, 7) is 2.35. The molecular weight excluding hydrogens is 248 g/mol. The first-order valence-corrected chi connectivity index (χ1v) is 7.91. The number of aliphatic carboxylic acids is 1. The molecule has 2 aliphatic rings. The van der Waals surface area contributed by atoms with Crippen molar-refractivity contribution in [3.05, 3.63) is 35.4 Å². The summed E-state index contributed by atoms with van der Waals surface area (Å²) >= 11 is 0. The topological polar surface area (TPSA) is 37.3 Å². The molecule has 0 unspecified atom stereocenters. The first-order chi connectivity index (χ1) is 9.59. The number of carboxylic acids is 1. The Labute approximate surface area is 121 Å². The molecule has 1 aromatic carbocycles. The van der Waals surface area contributed by atoms with Gasteiger partial charge in [-0.15, -0.1) is 0 Å². The van der Waals surface area contributed by atoms with Crippen LogP contribution in [0.5, 0.6) is 0 Å². The lowest BCUT2D eigenvalue weighted by Crippen LogP contribution is -2.14. The van der Waals surface area contributed by atoms with Gasteiger partial charge in [0, 0.05) is 5.41 Å². The van der Waals surface area contributed by atoms with Gasteiger partial charge in [0.25, 0.3) is 0 Å². The van der Waals surface area contributed by atoms with Crippen molar-refractivity contribution >= 4 is 5.97 Å². The maximum absolute atomic E-state index is 11.0. The van der Waals surface area contributed by atoms with Crippen LogP contribution in [-0.2, 0) is 10.2 Å². The Morgan fingerprint density at radius 3 is 2.25 bits per heavy atom. The van der Waals surface area contributed by atoms with Crippen LogP contribution >= 0.6 is 0 Å². The van der Waals surface area contributed by atoms with E-state index in [1.807, 2.05) is 0 Å². The first kappa shape index (κ1) is 13.7. The Hall–Kier alpha value is -1.31. The fraction of sp³-hybridized carbons (Fsp3) is 0.611. The lowest BCUT2D eigenvalue weighted by molar-refractivity contribution is -0.137. The zero-order chi connectivity index (χ0) is 14.2. The molecule has 0 aromatic heterocycles. The molecule has 3 rings (SSSR count). The minimum Gasteiger partial charge on any atom is -0.481 e. The molecule has 1 aromatic rings. The molecule has 2 nitrogen and oxygen atoms in total. The molecule has 108 valence electrons. The van der Waals surface area contributed by atoms with E-state index >= 15 is 0 Å². The molecule has 1 N–H and O–H groups in total. The second-order valence-electron chi connectivity index (χ2n) is 6.93. The summed E-state index contributed by atoms with van der Waals surface area (Å²) in [5, 5.41) is 9.03. The van der Waals surface area contributed by atoms with Crippen LogP contribution in [0.15, 0.2) is 24.3 Å². The average molecular weight is 272 g/mol. The van der Waals surface area contributed by atoms with E-state index in [1.54, 1.807) is 0 Å². The fourth-order valence-electron chi connectivity index (χ4n) is 3.71. The molecule has 2 fully saturated rings. The predicted octanol–water partition coefficient (Wildman–Crippen LogP) is 4.49. The standard InChI is InChI=1S/C18H24O2/c1-13-2-4-14(5-3-13)15-6-8-16(9-7-15)18(10-11-18)12-17(19)20/h6-9,13-14H,2-5,10-12H2,1H3,(H,19,20). The maximum Gasteiger partial charge on any atom is 0.304 e. The van der Waals surface area contributed by atoms with Crippen LogP contribution in [0.3, 0.4) is 0 Å². The highest BCUT2D eigenvalue weighted by Gasteiger charge is 2.45. The zero-order valence-electron chi connectivity index (χ0n) is 12.3. The van der Waals surface area contributed by atoms with Gasteiger partial charge in [-0.3, -0.25) is 4.79 Å². The quantitative estimate of drug-likeness (QED) is 0.877. The maximum atomic E-state index is 11.0. The van der Waals surface area contributed by atoms with Crippen LogP contribution < -0.4 is 0 Å². The summed E-state index contributed by atoms with van der Waals surface area (Å²) in [7, 11) is 0. The van der Waals surface area contributed by atoms with Gasteiger partial charge in [-0.2, -0.15) is 0 Å². The second-order valence-corrected chi connectivity index (χ2v) is 6.93. The SMILES string of the molecule is CC1CCC(c2ccc(C3(CC(=O)O)CC3)cc2)CC1. The Bertz CT molecular complexity index is 477. The van der Waals surface area contributed by atoms with Crippen molar-refractivity contribution in [2.24, 2.45) is 5.92 Å². The Kier molecular flexibility index (Phi) is 3.57. The summed E-state index contributed by atoms with van der Waals surface area (Å²) in [5.41, 5.74) is 2.63. The number of hydrogen-bond acceptors (Lipinski definition) is 1. The molecule has 0 saturated heterocycles. The minimum atomic E-state index is -0.673. The Balaban J connectivity index is 1.70. The monoisotopic (exact) mass is 272 g/mol. The van der Waals surface area contributed by atoms with E-state index in [0.29, 0.717) is 0 Å². The molecule has 0 bridgehead atoms. The molecule has 0 radical (unpaired) electrons. The van der Waals surface area contributed by atoms with Gasteiger partial charge >= 0.3 is 5.97 Å². The predicted molar refractivity (Wildman–Crippen MR) is 80.0 cm³/mol. The second kappa shape index (κ2) is 5.23. The van der Waals surface area contributed by atoms with Crippen molar-refractivity contribution in [1.82, 2.24) is 0 Å². The number of rotatable bonds is 4. The highest BCUT2D eigenvalue weighted by atomic mass is 16.4. The largest absolute Gasteiger partial charge is 0.481 e. The van der Waals surface area contributed by atoms with Gasteiger partial charge in [0.15, 0.2) is 0 Å². The molecule has 20 heavy (non-hydrogen) atoms. The van der Waals surface area contributed by atoms with Crippen molar-refractivity contribution in [3.8, 4) is 0 Å². The molecule has 0 heterocycles. The average Bonchev–Trinajstić information content (AvgIpc) is 3.20. The lowest BCUT2D eigenvalue weighted by Gasteiger charge is -2.26. The molecule has 0 amide bonds. The Morgan fingerprint density at radius 2 is 1.75 bits per heavy atom. The van der Waals surface area contributed by atoms with E-state index in [0.717, 1.165) is 24.7 Å². The molecule has 0 atom stereocenters. The van der Waals surface area contributed by atoms with Crippen molar-refractivity contribution in [1.29, 1.82) is 0 Å². The van der Waals surface area contributed by atoms with Crippen LogP contribution in [0, 0.1) is 5.92 Å². The molecule has 2 heteroatoms. The number of carboxylic acid groups (broad SMARTS) is 1. The molecule has 2 aliphatic carbocycles. The van der Waals surface area contributed by atoms with Crippen molar-refractivity contribution in [3.63, 3.8) is 0 Å². The van der Waals surface area contributed by atoms with Crippen molar-refractivity contribution in [2.75, 3.05) is 0 Å². The Morgan fingerprint density at radius 1 is 1.15 bits per heavy atom. The zero-order valence-corrected chi connectivity index (χ0v) is 12.3. The highest BCUT2D eigenvalue weighted by molar-refractivity contribution is 5.70. The molecule has 0 aliphatic heterocycles. The summed E-state index contributed by atoms with van der Waals surface area (Å²) in [6.07, 6.45) is 7.64. The van der Waals surface area contributed by atoms with Gasteiger partial charge in [0.2, 0.25) is 0 Å². The van der Waals surface area contributed by atoms with Crippen LogP contribution in [0.1, 0.15) is 68.9 Å². The summed E-state index contributed by atoms with van der Waals surface area (Å²) < 4.78 is 0. The number of benzene rings is 1. The minimum absolute atomic E-state index is 0.0502. The molecule has 0 spiro atoms. The summed E-state index contributed by atoms with van der Waals surface area (Å²) in [5.74, 6) is 0.929. The number of hydrogen-bond donors (Lipinski definition) is 1. The third-order valence-electron chi connectivity index (χ3n) is 5.35. The van der Waals surface area contributed by atoms with E-state index in [9.17, 15) is 4.79 Å². The van der Waals surface area contributed by atoms with Crippen LogP contribution in [0.2, 0.25) is 0 Å². The third kappa shape index (κ3) is 2.74. The molecule has 2 saturated carbocycles. The fourth-order valence-corrected chi connectivity index (χ4v) is 3.71. The highest BCUT2D eigenvalue weighted by Crippen LogP contribution is 2.51. The van der Waals surface area contributed by atoms with Crippen LogP contribution in [0.25, 0.3) is 0 Å². The molecular formula is C18H24O2. The first-order valence-electron chi connectivity index (χ1n) is 7.91. The van der Waals surface area contributed by atoms with Crippen LogP contribution in [0.4, 0.5) is 0 Å². The lowest BCUT2D eigenvalue weighted by atomic mass is 9.79. The van der Waals surface area contributed by atoms with Crippen molar-refractivity contribution in [2.45, 2.75) is 63.2 Å². The summed E-state index contributed by atoms with van der Waals surface area (Å²) in [4.78, 5) is 11.0. The van der Waals surface area contributed by atoms with Crippen LogP contribution in [-0.4, -0.2) is 11.1 Å². The number of carbonyl (C=O) groups is 1. The van der Waals surface area contributed by atoms with E-state index < -0.39 is 5.97 Å². The van der Waals surface area contributed by atoms with Gasteiger partial charge in [0.05, 0.1) is 6.42 Å². The van der Waals surface area contributed by atoms with Crippen molar-refractivity contribution < 1.29 is 9.90 Å². The van der Waals surface area contributed by atoms with Gasteiger partial charge in [0.1, 0.15) is 0 Å². The van der Waals surface area contributed by atoms with Gasteiger partial charge in [-0.25, -0.2) is 0 Å². The van der Waals surface area contributed by atoms with E-state index in [4.69, 9.17) is 5.11 Å². The van der Waals surface area contributed by atoms with Gasteiger partial charge < -0.3 is 5.11 Å². The summed E-state index contributed by atoms with van der Waals surface area (Å²) in [6, 6.07) is 8.86. The van der Waals surface area contributed by atoms with E-state index in [1.165, 1.54) is 36.8 Å². The normalized spacial score (nSPS) is 28.1. The van der Waals surface area contributed by atoms with Gasteiger partial charge in [-0.05, 0) is 48.6 Å². The smallest absolute Gasteiger partial charge is 0.304 e. The van der Waals surface area contributed by atoms with Gasteiger partial charge in [-0.1, -0.05) is 44.0 Å². The van der Waals surface area contributed by atoms with E-state index in [2.05, 4.69) is 31.2 Å². The third-order valence-corrected chi connectivity index (χ3v) is 5.35. The van der Waals surface area contributed by atoms with E-state index in [-0.39, 0.29) is 11.8 Å².